The lowest BCUT2D eigenvalue weighted by molar-refractivity contribution is 0.591. The summed E-state index contributed by atoms with van der Waals surface area (Å²) in [6.45, 7) is 4.72. The molecule has 0 bridgehead atoms. The zero-order valence-corrected chi connectivity index (χ0v) is 11.6. The molecule has 0 saturated carbocycles. The van der Waals surface area contributed by atoms with E-state index < -0.39 is 9.84 Å². The molecule has 0 fully saturated rings. The molecule has 0 atom stereocenters. The summed E-state index contributed by atoms with van der Waals surface area (Å²) in [5.41, 5.74) is 3.13. The largest absolute Gasteiger partial charge is 0.320 e. The smallest absolute Gasteiger partial charge is 0.154 e. The van der Waals surface area contributed by atoms with Crippen molar-refractivity contribution in [3.63, 3.8) is 0 Å². The fraction of sp³-hybridized carbons (Fsp3) is 0.538. The van der Waals surface area contributed by atoms with Crippen LogP contribution < -0.4 is 5.32 Å². The maximum atomic E-state index is 11.9. The van der Waals surface area contributed by atoms with Crippen LogP contribution in [-0.4, -0.2) is 27.8 Å². The molecule has 0 aliphatic carbocycles. The van der Waals surface area contributed by atoms with Crippen LogP contribution in [0.25, 0.3) is 0 Å². The summed E-state index contributed by atoms with van der Waals surface area (Å²) in [7, 11) is -1.15. The van der Waals surface area contributed by atoms with Crippen molar-refractivity contribution in [3.8, 4) is 0 Å². The molecule has 17 heavy (non-hydrogen) atoms. The van der Waals surface area contributed by atoms with Crippen LogP contribution >= 0.6 is 0 Å². The molecule has 0 aromatic heterocycles. The van der Waals surface area contributed by atoms with Crippen LogP contribution in [0.1, 0.15) is 23.1 Å². The second kappa shape index (κ2) is 6.17. The van der Waals surface area contributed by atoms with Gasteiger partial charge in [0, 0.05) is 0 Å². The first-order valence-corrected chi connectivity index (χ1v) is 7.67. The minimum Gasteiger partial charge on any atom is -0.320 e. The zero-order valence-electron chi connectivity index (χ0n) is 10.8. The molecule has 0 aliphatic rings. The van der Waals surface area contributed by atoms with Crippen molar-refractivity contribution in [1.82, 2.24) is 5.32 Å². The first-order chi connectivity index (χ1) is 7.93. The Bertz CT molecular complexity index is 446. The molecule has 0 amide bonds. The fourth-order valence-electron chi connectivity index (χ4n) is 1.95. The van der Waals surface area contributed by atoms with Gasteiger partial charge in [0.15, 0.2) is 9.84 Å². The molecule has 0 saturated heterocycles. The highest BCUT2D eigenvalue weighted by Gasteiger charge is 2.11. The summed E-state index contributed by atoms with van der Waals surface area (Å²) in [5.74, 6) is 0.403. The molecule has 1 N–H and O–H groups in total. The van der Waals surface area contributed by atoms with Gasteiger partial charge in [-0.25, -0.2) is 8.42 Å². The summed E-state index contributed by atoms with van der Waals surface area (Å²) < 4.78 is 23.7. The highest BCUT2D eigenvalue weighted by molar-refractivity contribution is 7.90. The quantitative estimate of drug-likeness (QED) is 0.789. The maximum Gasteiger partial charge on any atom is 0.154 e. The van der Waals surface area contributed by atoms with Crippen molar-refractivity contribution in [2.75, 3.05) is 19.3 Å². The van der Waals surface area contributed by atoms with Gasteiger partial charge in [0.1, 0.15) is 0 Å². The highest BCUT2D eigenvalue weighted by atomic mass is 32.2. The van der Waals surface area contributed by atoms with E-state index >= 15 is 0 Å². The van der Waals surface area contributed by atoms with Gasteiger partial charge in [0.2, 0.25) is 0 Å². The lowest BCUT2D eigenvalue weighted by Gasteiger charge is -2.06. The molecule has 0 spiro atoms. The van der Waals surface area contributed by atoms with Crippen molar-refractivity contribution < 1.29 is 8.42 Å². The zero-order chi connectivity index (χ0) is 12.9. The van der Waals surface area contributed by atoms with Gasteiger partial charge in [-0.2, -0.15) is 0 Å². The van der Waals surface area contributed by atoms with Gasteiger partial charge in [0.25, 0.3) is 0 Å². The Labute approximate surface area is 104 Å². The Morgan fingerprint density at radius 3 is 2.24 bits per heavy atom. The van der Waals surface area contributed by atoms with Crippen LogP contribution in [0.15, 0.2) is 18.2 Å². The van der Waals surface area contributed by atoms with Crippen LogP contribution in [0, 0.1) is 13.8 Å². The van der Waals surface area contributed by atoms with E-state index in [9.17, 15) is 8.42 Å². The van der Waals surface area contributed by atoms with Crippen LogP contribution in [0.4, 0.5) is 0 Å². The van der Waals surface area contributed by atoms with E-state index in [0.29, 0.717) is 6.42 Å². The number of aryl methyl sites for hydroxylation is 2. The summed E-state index contributed by atoms with van der Waals surface area (Å²) >= 11 is 0. The molecule has 3 nitrogen and oxygen atoms in total. The predicted molar refractivity (Wildman–Crippen MR) is 72.0 cm³/mol. The highest BCUT2D eigenvalue weighted by Crippen LogP contribution is 2.12. The summed E-state index contributed by atoms with van der Waals surface area (Å²) in [4.78, 5) is 0. The van der Waals surface area contributed by atoms with Gasteiger partial charge < -0.3 is 5.32 Å². The third kappa shape index (κ3) is 5.33. The monoisotopic (exact) mass is 255 g/mol. The second-order valence-corrected chi connectivity index (χ2v) is 6.73. The molecule has 4 heteroatoms. The normalized spacial score (nSPS) is 11.7. The van der Waals surface area contributed by atoms with Crippen molar-refractivity contribution in [2.45, 2.75) is 26.0 Å². The molecular formula is C13H21NO2S. The number of nitrogens with one attached hydrogen (secondary N) is 1. The fourth-order valence-corrected chi connectivity index (χ4v) is 3.35. The van der Waals surface area contributed by atoms with Gasteiger partial charge in [-0.05, 0) is 39.4 Å². The summed E-state index contributed by atoms with van der Waals surface area (Å²) in [6, 6.07) is 5.95. The van der Waals surface area contributed by atoms with Gasteiger partial charge in [-0.3, -0.25) is 0 Å². The first-order valence-electron chi connectivity index (χ1n) is 5.85. The lowest BCUT2D eigenvalue weighted by Crippen LogP contribution is -2.15. The van der Waals surface area contributed by atoms with E-state index in [-0.39, 0.29) is 11.5 Å². The number of benzene rings is 1. The summed E-state index contributed by atoms with van der Waals surface area (Å²) in [6.07, 6.45) is 0.670. The number of sulfone groups is 1. The Hall–Kier alpha value is -0.870. The lowest BCUT2D eigenvalue weighted by atomic mass is 10.1. The molecule has 0 radical (unpaired) electrons. The van der Waals surface area contributed by atoms with E-state index in [1.54, 1.807) is 0 Å². The Morgan fingerprint density at radius 2 is 1.71 bits per heavy atom. The van der Waals surface area contributed by atoms with E-state index in [0.717, 1.165) is 23.2 Å². The predicted octanol–water partition coefficient (Wildman–Crippen LogP) is 1.83. The van der Waals surface area contributed by atoms with Crippen LogP contribution in [0.3, 0.4) is 0 Å². The third-order valence-electron chi connectivity index (χ3n) is 2.55. The molecular weight excluding hydrogens is 234 g/mol. The molecule has 1 aromatic rings. The van der Waals surface area contributed by atoms with E-state index in [1.165, 1.54) is 0 Å². The SMILES string of the molecule is CNCCCS(=O)(=O)Cc1cc(C)cc(C)c1. The molecule has 96 valence electrons. The first kappa shape index (κ1) is 14.2. The maximum absolute atomic E-state index is 11.9. The van der Waals surface area contributed by atoms with Crippen molar-refractivity contribution in [2.24, 2.45) is 0 Å². The minimum absolute atomic E-state index is 0.152. The van der Waals surface area contributed by atoms with Gasteiger partial charge in [-0.15, -0.1) is 0 Å². The van der Waals surface area contributed by atoms with Crippen molar-refractivity contribution in [3.05, 3.63) is 34.9 Å². The molecule has 1 rings (SSSR count). The van der Waals surface area contributed by atoms with Gasteiger partial charge >= 0.3 is 0 Å². The molecule has 0 unspecified atom stereocenters. The molecule has 0 heterocycles. The van der Waals surface area contributed by atoms with Crippen LogP contribution in [-0.2, 0) is 15.6 Å². The Kier molecular flexibility index (Phi) is 5.15. The average molecular weight is 255 g/mol. The minimum atomic E-state index is -2.98. The van der Waals surface area contributed by atoms with Crippen molar-refractivity contribution in [1.29, 1.82) is 0 Å². The van der Waals surface area contributed by atoms with Crippen molar-refractivity contribution >= 4 is 9.84 Å². The van der Waals surface area contributed by atoms with Gasteiger partial charge in [0.05, 0.1) is 11.5 Å². The van der Waals surface area contributed by atoms with E-state index in [1.807, 2.05) is 33.0 Å². The molecule has 0 aliphatic heterocycles. The molecule has 1 aromatic carbocycles. The van der Waals surface area contributed by atoms with Crippen LogP contribution in [0.5, 0.6) is 0 Å². The number of hydrogen-bond donors (Lipinski definition) is 1. The van der Waals surface area contributed by atoms with Crippen LogP contribution in [0.2, 0.25) is 0 Å². The summed E-state index contributed by atoms with van der Waals surface area (Å²) in [5, 5.41) is 2.96. The second-order valence-electron chi connectivity index (χ2n) is 4.55. The van der Waals surface area contributed by atoms with Gasteiger partial charge in [-0.1, -0.05) is 29.3 Å². The van der Waals surface area contributed by atoms with E-state index in [2.05, 4.69) is 11.4 Å². The topological polar surface area (TPSA) is 46.2 Å². The standard InChI is InChI=1S/C13H21NO2S/c1-11-7-12(2)9-13(8-11)10-17(15,16)6-4-5-14-3/h7-9,14H,4-6,10H2,1-3H3. The number of rotatable bonds is 6. The Balaban J connectivity index is 2.69. The Morgan fingerprint density at radius 1 is 1.12 bits per heavy atom. The third-order valence-corrected chi connectivity index (χ3v) is 4.23. The number of hydrogen-bond acceptors (Lipinski definition) is 3. The average Bonchev–Trinajstić information content (AvgIpc) is 2.14. The van der Waals surface area contributed by atoms with E-state index in [4.69, 9.17) is 0 Å².